The zero-order valence-electron chi connectivity index (χ0n) is 12.2. The van der Waals surface area contributed by atoms with Crippen molar-refractivity contribution in [2.45, 2.75) is 32.2 Å². The number of nitrogens with two attached hydrogens (primary N) is 1. The fourth-order valence-corrected chi connectivity index (χ4v) is 2.62. The molecule has 8 nitrogen and oxygen atoms in total. The van der Waals surface area contributed by atoms with Crippen LogP contribution in [0, 0.1) is 11.8 Å². The molecular weight excluding hydrogens is 276 g/mol. The Morgan fingerprint density at radius 2 is 2.19 bits per heavy atom. The highest BCUT2D eigenvalue weighted by Crippen LogP contribution is 2.33. The minimum absolute atomic E-state index is 0.0531. The molecule has 1 saturated carbocycles. The molecule has 0 aromatic carbocycles. The molecule has 1 unspecified atom stereocenters. The van der Waals surface area contributed by atoms with E-state index in [0.717, 1.165) is 6.42 Å². The van der Waals surface area contributed by atoms with Crippen LogP contribution in [0.5, 0.6) is 0 Å². The van der Waals surface area contributed by atoms with E-state index in [9.17, 15) is 9.59 Å². The Hall–Kier alpha value is -1.83. The van der Waals surface area contributed by atoms with E-state index in [1.165, 1.54) is 13.3 Å². The topological polar surface area (TPSA) is 126 Å². The summed E-state index contributed by atoms with van der Waals surface area (Å²) >= 11 is 0. The van der Waals surface area contributed by atoms with Crippen LogP contribution in [0.2, 0.25) is 0 Å². The summed E-state index contributed by atoms with van der Waals surface area (Å²) in [5, 5.41) is 18.2. The van der Waals surface area contributed by atoms with Crippen molar-refractivity contribution in [3.63, 3.8) is 0 Å². The number of amides is 1. The van der Waals surface area contributed by atoms with Crippen LogP contribution in [-0.4, -0.2) is 49.1 Å². The number of carbonyl (C=O) groups excluding carboxylic acids is 1. The third-order valence-corrected chi connectivity index (χ3v) is 3.66. The Kier molecular flexibility index (Phi) is 7.52. The molecule has 21 heavy (non-hydrogen) atoms. The average molecular weight is 300 g/mol. The Bertz CT molecular complexity index is 375. The Morgan fingerprint density at radius 1 is 1.43 bits per heavy atom. The predicted octanol–water partition coefficient (Wildman–Crippen LogP) is -0.500. The van der Waals surface area contributed by atoms with E-state index in [1.54, 1.807) is 0 Å². The zero-order valence-corrected chi connectivity index (χ0v) is 12.2. The lowest BCUT2D eigenvalue weighted by Crippen LogP contribution is -2.32. The Labute approximate surface area is 124 Å². The lowest BCUT2D eigenvalue weighted by Gasteiger charge is -2.19. The first kappa shape index (κ1) is 17.2. The molecule has 8 heteroatoms. The SMILES string of the molecule is CC(=O)NCCOCC[C@H]1CC(C(=O)O)C[C@@H]1NC=NN. The van der Waals surface area contributed by atoms with Crippen LogP contribution in [0.4, 0.5) is 0 Å². The molecule has 1 amide bonds. The highest BCUT2D eigenvalue weighted by molar-refractivity contribution is 5.72. The summed E-state index contributed by atoms with van der Waals surface area (Å²) in [5.41, 5.74) is 0. The standard InChI is InChI=1S/C13H24N4O4/c1-9(18)15-3-5-21-4-2-10-6-11(13(19)20)7-12(10)16-8-17-14/h8,10-12H,2-7,14H2,1H3,(H,15,18)(H,16,17)(H,19,20)/t10-,11?,12-/m0/s1. The van der Waals surface area contributed by atoms with Crippen molar-refractivity contribution in [2.24, 2.45) is 22.8 Å². The van der Waals surface area contributed by atoms with Gasteiger partial charge in [0.2, 0.25) is 5.91 Å². The molecule has 0 aromatic heterocycles. The molecule has 1 aliphatic carbocycles. The maximum absolute atomic E-state index is 11.1. The van der Waals surface area contributed by atoms with E-state index in [1.807, 2.05) is 0 Å². The molecule has 0 spiro atoms. The van der Waals surface area contributed by atoms with Crippen LogP contribution in [0.25, 0.3) is 0 Å². The van der Waals surface area contributed by atoms with Crippen molar-refractivity contribution in [1.82, 2.24) is 10.6 Å². The van der Waals surface area contributed by atoms with Gasteiger partial charge in [0.25, 0.3) is 0 Å². The highest BCUT2D eigenvalue weighted by Gasteiger charge is 2.37. The van der Waals surface area contributed by atoms with Crippen LogP contribution >= 0.6 is 0 Å². The van der Waals surface area contributed by atoms with Gasteiger partial charge in [-0.05, 0) is 25.2 Å². The van der Waals surface area contributed by atoms with Crippen molar-refractivity contribution < 1.29 is 19.4 Å². The Balaban J connectivity index is 2.29. The summed E-state index contributed by atoms with van der Waals surface area (Å²) in [4.78, 5) is 21.8. The third-order valence-electron chi connectivity index (χ3n) is 3.66. The number of hydrogen-bond donors (Lipinski definition) is 4. The molecule has 0 radical (unpaired) electrons. The predicted molar refractivity (Wildman–Crippen MR) is 77.6 cm³/mol. The first-order valence-corrected chi connectivity index (χ1v) is 7.07. The number of nitrogens with zero attached hydrogens (tertiary/aromatic N) is 1. The number of nitrogens with one attached hydrogen (secondary N) is 2. The van der Waals surface area contributed by atoms with E-state index >= 15 is 0 Å². The van der Waals surface area contributed by atoms with Crippen LogP contribution in [0.15, 0.2) is 5.10 Å². The minimum atomic E-state index is -0.763. The second-order valence-corrected chi connectivity index (χ2v) is 5.20. The fraction of sp³-hybridized carbons (Fsp3) is 0.769. The molecule has 0 saturated heterocycles. The van der Waals surface area contributed by atoms with Gasteiger partial charge < -0.3 is 26.3 Å². The first-order chi connectivity index (χ1) is 10.0. The van der Waals surface area contributed by atoms with Gasteiger partial charge in [0.05, 0.1) is 12.5 Å². The minimum Gasteiger partial charge on any atom is -0.481 e. The van der Waals surface area contributed by atoms with Gasteiger partial charge in [-0.15, -0.1) is 0 Å². The van der Waals surface area contributed by atoms with Gasteiger partial charge in [0.1, 0.15) is 6.34 Å². The van der Waals surface area contributed by atoms with Gasteiger partial charge in [-0.25, -0.2) is 0 Å². The maximum Gasteiger partial charge on any atom is 0.306 e. The second-order valence-electron chi connectivity index (χ2n) is 5.20. The number of carbonyl (C=O) groups is 2. The van der Waals surface area contributed by atoms with Crippen molar-refractivity contribution in [3.05, 3.63) is 0 Å². The van der Waals surface area contributed by atoms with Gasteiger partial charge in [-0.1, -0.05) is 0 Å². The van der Waals surface area contributed by atoms with Crippen LogP contribution in [0.3, 0.4) is 0 Å². The number of carboxylic acids is 1. The van der Waals surface area contributed by atoms with Gasteiger partial charge in [-0.2, -0.15) is 5.10 Å². The number of rotatable bonds is 9. The molecule has 3 atom stereocenters. The van der Waals surface area contributed by atoms with Gasteiger partial charge in [0.15, 0.2) is 0 Å². The molecule has 1 fully saturated rings. The number of ether oxygens (including phenoxy) is 1. The number of hydrazone groups is 1. The molecule has 1 aliphatic rings. The molecule has 0 heterocycles. The van der Waals surface area contributed by atoms with Gasteiger partial charge >= 0.3 is 5.97 Å². The summed E-state index contributed by atoms with van der Waals surface area (Å²) in [6, 6.07) is 0.0531. The molecule has 0 bridgehead atoms. The summed E-state index contributed by atoms with van der Waals surface area (Å²) in [6.07, 6.45) is 3.36. The average Bonchev–Trinajstić information content (AvgIpc) is 2.83. The van der Waals surface area contributed by atoms with Gasteiger partial charge in [0, 0.05) is 26.1 Å². The molecular formula is C13H24N4O4. The Morgan fingerprint density at radius 3 is 2.81 bits per heavy atom. The van der Waals surface area contributed by atoms with E-state index in [4.69, 9.17) is 15.7 Å². The van der Waals surface area contributed by atoms with Crippen molar-refractivity contribution in [3.8, 4) is 0 Å². The third kappa shape index (κ3) is 6.44. The number of aliphatic carboxylic acids is 1. The molecule has 0 aromatic rings. The summed E-state index contributed by atoms with van der Waals surface area (Å²) in [5.74, 6) is 4.09. The lowest BCUT2D eigenvalue weighted by molar-refractivity contribution is -0.141. The molecule has 5 N–H and O–H groups in total. The second kappa shape index (κ2) is 9.17. The normalized spacial score (nSPS) is 25.1. The number of hydrogen-bond acceptors (Lipinski definition) is 5. The van der Waals surface area contributed by atoms with E-state index in [2.05, 4.69) is 15.7 Å². The fourth-order valence-electron chi connectivity index (χ4n) is 2.62. The molecule has 1 rings (SSSR count). The zero-order chi connectivity index (χ0) is 15.7. The summed E-state index contributed by atoms with van der Waals surface area (Å²) < 4.78 is 5.45. The van der Waals surface area contributed by atoms with Crippen molar-refractivity contribution in [2.75, 3.05) is 19.8 Å². The summed E-state index contributed by atoms with van der Waals surface area (Å²) in [6.45, 7) is 2.94. The molecule has 0 aliphatic heterocycles. The van der Waals surface area contributed by atoms with Crippen molar-refractivity contribution >= 4 is 18.2 Å². The van der Waals surface area contributed by atoms with E-state index in [0.29, 0.717) is 32.6 Å². The molecule has 120 valence electrons. The monoisotopic (exact) mass is 300 g/mol. The van der Waals surface area contributed by atoms with Crippen LogP contribution < -0.4 is 16.5 Å². The first-order valence-electron chi connectivity index (χ1n) is 7.07. The number of carboxylic acid groups (broad SMARTS) is 1. The van der Waals surface area contributed by atoms with Crippen LogP contribution in [0.1, 0.15) is 26.2 Å². The smallest absolute Gasteiger partial charge is 0.306 e. The largest absolute Gasteiger partial charge is 0.481 e. The van der Waals surface area contributed by atoms with E-state index in [-0.39, 0.29) is 23.8 Å². The maximum atomic E-state index is 11.1. The van der Waals surface area contributed by atoms with Crippen LogP contribution in [-0.2, 0) is 14.3 Å². The highest BCUT2D eigenvalue weighted by atomic mass is 16.5. The quantitative estimate of drug-likeness (QED) is 0.149. The summed E-state index contributed by atoms with van der Waals surface area (Å²) in [7, 11) is 0. The lowest BCUT2D eigenvalue weighted by atomic mass is 9.99. The van der Waals surface area contributed by atoms with Gasteiger partial charge in [-0.3, -0.25) is 9.59 Å². The van der Waals surface area contributed by atoms with Crippen molar-refractivity contribution in [1.29, 1.82) is 0 Å². The van der Waals surface area contributed by atoms with E-state index < -0.39 is 5.97 Å².